The van der Waals surface area contributed by atoms with E-state index in [2.05, 4.69) is 15.9 Å². The lowest BCUT2D eigenvalue weighted by Crippen LogP contribution is -2.37. The molecule has 9 heteroatoms. The van der Waals surface area contributed by atoms with Gasteiger partial charge in [-0.25, -0.2) is 8.42 Å². The summed E-state index contributed by atoms with van der Waals surface area (Å²) in [6.07, 6.45) is 0.766. The van der Waals surface area contributed by atoms with Crippen molar-refractivity contribution < 1.29 is 13.3 Å². The van der Waals surface area contributed by atoms with E-state index in [1.165, 1.54) is 29.6 Å². The number of nitro groups is 1. The number of benzene rings is 1. The van der Waals surface area contributed by atoms with Crippen LogP contribution in [0.3, 0.4) is 0 Å². The smallest absolute Gasteiger partial charge is 0.258 e. The van der Waals surface area contributed by atoms with Crippen LogP contribution in [0.2, 0.25) is 0 Å². The summed E-state index contributed by atoms with van der Waals surface area (Å²) in [6.45, 7) is 0. The van der Waals surface area contributed by atoms with Gasteiger partial charge in [0.25, 0.3) is 5.69 Å². The van der Waals surface area contributed by atoms with Gasteiger partial charge in [-0.1, -0.05) is 15.9 Å². The van der Waals surface area contributed by atoms with E-state index in [4.69, 9.17) is 0 Å². The van der Waals surface area contributed by atoms with Gasteiger partial charge in [0.05, 0.1) is 4.92 Å². The van der Waals surface area contributed by atoms with Crippen LogP contribution in [0, 0.1) is 10.1 Å². The minimum atomic E-state index is -3.87. The molecule has 2 rings (SSSR count). The van der Waals surface area contributed by atoms with Crippen molar-refractivity contribution >= 4 is 43.4 Å². The molecule has 0 aromatic heterocycles. The Balaban J connectivity index is 2.47. The first-order valence-electron chi connectivity index (χ1n) is 5.84. The highest BCUT2D eigenvalue weighted by Gasteiger charge is 2.35. The summed E-state index contributed by atoms with van der Waals surface area (Å²) < 4.78 is 26.9. The number of nitrogens with zero attached hydrogens (tertiary/aromatic N) is 2. The molecule has 1 aromatic carbocycles. The Labute approximate surface area is 129 Å². The molecule has 110 valence electrons. The van der Waals surface area contributed by atoms with Crippen molar-refractivity contribution in [1.82, 2.24) is 4.31 Å². The topological polar surface area (TPSA) is 80.5 Å². The van der Waals surface area contributed by atoms with Gasteiger partial charge in [-0.15, -0.1) is 0 Å². The summed E-state index contributed by atoms with van der Waals surface area (Å²) in [5.41, 5.74) is -0.397. The molecule has 1 saturated heterocycles. The van der Waals surface area contributed by atoms with Gasteiger partial charge in [0.15, 0.2) is 4.90 Å². The van der Waals surface area contributed by atoms with Crippen LogP contribution < -0.4 is 0 Å². The second-order valence-corrected chi connectivity index (χ2v) is 8.44. The molecule has 1 heterocycles. The van der Waals surface area contributed by atoms with Crippen molar-refractivity contribution in [3.05, 3.63) is 32.8 Å². The molecule has 1 fully saturated rings. The largest absolute Gasteiger partial charge is 0.289 e. The molecular weight excluding hydrogens is 368 g/mol. The molecular formula is C11H13BrN2O4S2. The Morgan fingerprint density at radius 2 is 2.20 bits per heavy atom. The third-order valence-electron chi connectivity index (χ3n) is 3.20. The third-order valence-corrected chi connectivity index (χ3v) is 6.77. The molecule has 1 aliphatic rings. The highest BCUT2D eigenvalue weighted by Crippen LogP contribution is 2.32. The lowest BCUT2D eigenvalue weighted by molar-refractivity contribution is -0.387. The van der Waals surface area contributed by atoms with E-state index in [1.807, 2.05) is 0 Å². The number of halogens is 1. The van der Waals surface area contributed by atoms with Crippen molar-refractivity contribution in [2.75, 3.05) is 18.6 Å². The molecule has 6 nitrogen and oxygen atoms in total. The van der Waals surface area contributed by atoms with E-state index in [9.17, 15) is 18.5 Å². The molecule has 1 unspecified atom stereocenters. The van der Waals surface area contributed by atoms with Gasteiger partial charge in [0.1, 0.15) is 0 Å². The Morgan fingerprint density at radius 1 is 1.50 bits per heavy atom. The molecule has 0 spiro atoms. The molecule has 0 radical (unpaired) electrons. The first-order valence-corrected chi connectivity index (χ1v) is 9.22. The van der Waals surface area contributed by atoms with Gasteiger partial charge >= 0.3 is 0 Å². The van der Waals surface area contributed by atoms with Crippen LogP contribution in [0.4, 0.5) is 5.69 Å². The highest BCUT2D eigenvalue weighted by atomic mass is 79.9. The van der Waals surface area contributed by atoms with Crippen LogP contribution in [0.5, 0.6) is 0 Å². The predicted octanol–water partition coefficient (Wildman–Crippen LogP) is 2.48. The fraction of sp³-hybridized carbons (Fsp3) is 0.455. The van der Waals surface area contributed by atoms with Crippen molar-refractivity contribution in [3.8, 4) is 0 Å². The van der Waals surface area contributed by atoms with Gasteiger partial charge in [-0.3, -0.25) is 10.1 Å². The zero-order chi connectivity index (χ0) is 14.9. The Morgan fingerprint density at radius 3 is 2.75 bits per heavy atom. The van der Waals surface area contributed by atoms with Crippen molar-refractivity contribution in [1.29, 1.82) is 0 Å². The van der Waals surface area contributed by atoms with Crippen molar-refractivity contribution in [2.45, 2.75) is 17.4 Å². The maximum Gasteiger partial charge on any atom is 0.289 e. The van der Waals surface area contributed by atoms with Gasteiger partial charge in [-0.2, -0.15) is 16.1 Å². The number of hydrogen-bond acceptors (Lipinski definition) is 5. The van der Waals surface area contributed by atoms with Crippen LogP contribution >= 0.6 is 27.7 Å². The monoisotopic (exact) mass is 380 g/mol. The number of thioether (sulfide) groups is 1. The molecule has 0 bridgehead atoms. The van der Waals surface area contributed by atoms with Crippen molar-refractivity contribution in [2.24, 2.45) is 0 Å². The van der Waals surface area contributed by atoms with E-state index in [1.54, 1.807) is 11.8 Å². The predicted molar refractivity (Wildman–Crippen MR) is 81.5 cm³/mol. The maximum absolute atomic E-state index is 12.6. The van der Waals surface area contributed by atoms with Gasteiger partial charge in [0.2, 0.25) is 10.0 Å². The van der Waals surface area contributed by atoms with Gasteiger partial charge < -0.3 is 0 Å². The Kier molecular flexibility index (Phi) is 4.73. The average molecular weight is 381 g/mol. The van der Waals surface area contributed by atoms with E-state index < -0.39 is 20.6 Å². The number of nitro benzene ring substituents is 1. The summed E-state index contributed by atoms with van der Waals surface area (Å²) >= 11 is 4.85. The molecule has 1 aromatic rings. The first-order chi connectivity index (χ1) is 9.34. The highest BCUT2D eigenvalue weighted by molar-refractivity contribution is 9.10. The fourth-order valence-electron chi connectivity index (χ4n) is 2.01. The van der Waals surface area contributed by atoms with Crippen molar-refractivity contribution in [3.63, 3.8) is 0 Å². The van der Waals surface area contributed by atoms with Crippen LogP contribution in [0.1, 0.15) is 6.42 Å². The molecule has 0 N–H and O–H groups in total. The molecule has 1 atom stereocenters. The average Bonchev–Trinajstić information content (AvgIpc) is 2.91. The lowest BCUT2D eigenvalue weighted by Gasteiger charge is -2.23. The van der Waals surface area contributed by atoms with Crippen LogP contribution in [-0.4, -0.2) is 42.2 Å². The molecule has 0 aliphatic carbocycles. The first kappa shape index (κ1) is 15.7. The van der Waals surface area contributed by atoms with E-state index in [0.717, 1.165) is 17.9 Å². The third kappa shape index (κ3) is 3.00. The Hall–Kier alpha value is -0.640. The standard InChI is InChI=1S/C11H13BrN2O4S2/c1-13(9-4-5-19-7-9)20(17,18)11-6-8(12)2-3-10(11)14(15)16/h2-3,6,9H,4-5,7H2,1H3. The molecule has 0 saturated carbocycles. The summed E-state index contributed by atoms with van der Waals surface area (Å²) in [5, 5.41) is 11.0. The minimum Gasteiger partial charge on any atom is -0.258 e. The number of rotatable bonds is 4. The molecule has 0 amide bonds. The molecule has 20 heavy (non-hydrogen) atoms. The summed E-state index contributed by atoms with van der Waals surface area (Å²) in [7, 11) is -2.39. The van der Waals surface area contributed by atoms with Gasteiger partial charge in [0, 0.05) is 29.4 Å². The van der Waals surface area contributed by atoms with Crippen LogP contribution in [0.15, 0.2) is 27.6 Å². The fourth-order valence-corrected chi connectivity index (χ4v) is 5.45. The lowest BCUT2D eigenvalue weighted by atomic mass is 10.3. The quantitative estimate of drug-likeness (QED) is 0.591. The maximum atomic E-state index is 12.6. The summed E-state index contributed by atoms with van der Waals surface area (Å²) in [5.74, 6) is 1.63. The second-order valence-electron chi connectivity index (χ2n) is 4.41. The zero-order valence-electron chi connectivity index (χ0n) is 10.7. The number of hydrogen-bond donors (Lipinski definition) is 0. The normalized spacial score (nSPS) is 19.4. The van der Waals surface area contributed by atoms with E-state index in [-0.39, 0.29) is 10.9 Å². The summed E-state index contributed by atoms with van der Waals surface area (Å²) in [4.78, 5) is 10.1. The van der Waals surface area contributed by atoms with E-state index >= 15 is 0 Å². The number of sulfonamides is 1. The van der Waals surface area contributed by atoms with Crippen LogP contribution in [-0.2, 0) is 10.0 Å². The summed E-state index contributed by atoms with van der Waals surface area (Å²) in [6, 6.07) is 3.84. The molecule has 1 aliphatic heterocycles. The zero-order valence-corrected chi connectivity index (χ0v) is 13.9. The SMILES string of the molecule is CN(C1CCSC1)S(=O)(=O)c1cc(Br)ccc1[N+](=O)[O-]. The minimum absolute atomic E-state index is 0.108. The Bertz CT molecular complexity index is 629. The van der Waals surface area contributed by atoms with E-state index in [0.29, 0.717) is 4.47 Å². The second kappa shape index (κ2) is 6.00. The van der Waals surface area contributed by atoms with Crippen LogP contribution in [0.25, 0.3) is 0 Å². The van der Waals surface area contributed by atoms with Gasteiger partial charge in [-0.05, 0) is 24.3 Å².